The zero-order valence-corrected chi connectivity index (χ0v) is 31.9. The molecule has 12 nitrogen and oxygen atoms in total. The predicted molar refractivity (Wildman–Crippen MR) is 191 cm³/mol. The van der Waals surface area contributed by atoms with E-state index in [2.05, 4.69) is 0 Å². The fourth-order valence-corrected chi connectivity index (χ4v) is 7.00. The fourth-order valence-electron chi connectivity index (χ4n) is 7.00. The average molecular weight is 721 g/mol. The normalized spacial score (nSPS) is 33.4. The molecule has 0 saturated carbocycles. The van der Waals surface area contributed by atoms with Gasteiger partial charge < -0.3 is 44.1 Å². The van der Waals surface area contributed by atoms with E-state index in [1.165, 1.54) is 20.3 Å². The van der Waals surface area contributed by atoms with Gasteiger partial charge in [0.15, 0.2) is 5.79 Å². The number of hydrogen-bond acceptors (Lipinski definition) is 11. The minimum atomic E-state index is -1.99. The first-order chi connectivity index (χ1) is 23.8. The van der Waals surface area contributed by atoms with Crippen LogP contribution in [0.15, 0.2) is 59.4 Å². The molecule has 288 valence electrons. The van der Waals surface area contributed by atoms with E-state index in [-0.39, 0.29) is 35.9 Å². The first-order valence-corrected chi connectivity index (χ1v) is 17.7. The Kier molecular flexibility index (Phi) is 16.8. The van der Waals surface area contributed by atoms with Crippen molar-refractivity contribution in [1.29, 1.82) is 0 Å². The minimum absolute atomic E-state index is 0.0458. The molecule has 0 aromatic heterocycles. The number of aliphatic carboxylic acids is 1. The number of ether oxygens (including phenoxy) is 5. The summed E-state index contributed by atoms with van der Waals surface area (Å²) in [4.78, 5) is 37.1. The number of carbonyl (C=O) groups excluding carboxylic acids is 2. The summed E-state index contributed by atoms with van der Waals surface area (Å²) in [6, 6.07) is 0. The Morgan fingerprint density at radius 2 is 1.71 bits per heavy atom. The Hall–Kier alpha value is -3.29. The maximum absolute atomic E-state index is 13.6. The minimum Gasteiger partial charge on any atom is -0.490 e. The van der Waals surface area contributed by atoms with Crippen LogP contribution in [0.5, 0.6) is 0 Å². The van der Waals surface area contributed by atoms with Gasteiger partial charge in [0.25, 0.3) is 0 Å². The Morgan fingerprint density at radius 1 is 1.06 bits per heavy atom. The molecule has 51 heavy (non-hydrogen) atoms. The molecule has 1 fully saturated rings. The van der Waals surface area contributed by atoms with Crippen molar-refractivity contribution in [3.63, 3.8) is 0 Å². The second kappa shape index (κ2) is 19.5. The highest BCUT2D eigenvalue weighted by Gasteiger charge is 2.53. The number of hydrogen-bond donors (Lipinski definition) is 4. The SMILES string of the molecule is COC1=CC(C)=C[C@H](C)[C@H](O)[C@H](C)CC(C)=CC=C[C@H](OC)[C@H]([C@H](C)[C@H](O)[C@H](C)[C@]2(O)C[C@H](OC(=O)/C=C\C(=O)O)[C@H](C)[C@@H](C(C)C)O2)OC1=O. The quantitative estimate of drug-likeness (QED) is 0.178. The van der Waals surface area contributed by atoms with Crippen LogP contribution in [0.2, 0.25) is 0 Å². The van der Waals surface area contributed by atoms with E-state index in [4.69, 9.17) is 28.8 Å². The van der Waals surface area contributed by atoms with E-state index in [1.807, 2.05) is 53.7 Å². The molecule has 1 saturated heterocycles. The second-order valence-electron chi connectivity index (χ2n) is 14.6. The zero-order chi connectivity index (χ0) is 38.8. The highest BCUT2D eigenvalue weighted by atomic mass is 16.6. The van der Waals surface area contributed by atoms with Gasteiger partial charge >= 0.3 is 17.9 Å². The van der Waals surface area contributed by atoms with Gasteiger partial charge in [-0.1, -0.05) is 83.9 Å². The van der Waals surface area contributed by atoms with Crippen molar-refractivity contribution in [3.05, 3.63) is 59.4 Å². The van der Waals surface area contributed by atoms with Gasteiger partial charge in [0.1, 0.15) is 18.3 Å². The number of esters is 2. The number of cyclic esters (lactones) is 1. The fraction of sp³-hybridized carbons (Fsp3) is 0.667. The van der Waals surface area contributed by atoms with Crippen LogP contribution in [-0.4, -0.2) is 95.0 Å². The van der Waals surface area contributed by atoms with Crippen LogP contribution < -0.4 is 0 Å². The highest BCUT2D eigenvalue weighted by molar-refractivity contribution is 5.90. The summed E-state index contributed by atoms with van der Waals surface area (Å²) in [5, 5.41) is 43.8. The molecule has 2 rings (SSSR count). The van der Waals surface area contributed by atoms with Crippen molar-refractivity contribution in [2.24, 2.45) is 35.5 Å². The lowest BCUT2D eigenvalue weighted by molar-refractivity contribution is -0.329. The number of aliphatic hydroxyl groups excluding tert-OH is 2. The van der Waals surface area contributed by atoms with Crippen molar-refractivity contribution in [3.8, 4) is 0 Å². The highest BCUT2D eigenvalue weighted by Crippen LogP contribution is 2.42. The summed E-state index contributed by atoms with van der Waals surface area (Å²) < 4.78 is 29.1. The molecule has 0 aliphatic carbocycles. The zero-order valence-electron chi connectivity index (χ0n) is 31.9. The van der Waals surface area contributed by atoms with Crippen molar-refractivity contribution in [2.45, 2.75) is 118 Å². The molecule has 2 aliphatic heterocycles. The van der Waals surface area contributed by atoms with E-state index >= 15 is 0 Å². The summed E-state index contributed by atoms with van der Waals surface area (Å²) >= 11 is 0. The lowest BCUT2D eigenvalue weighted by Crippen LogP contribution is -2.59. The molecular formula is C39H60O12. The van der Waals surface area contributed by atoms with Gasteiger partial charge in [-0.3, -0.25) is 0 Å². The standard InChI is InChI=1S/C39H60O12/c1-21(2)36-26(7)31(49-33(42)16-15-32(40)41)20-39(46,51-36)28(9)35(44)27(8)37-29(47-10)14-12-13-22(3)17-24(5)34(43)25(6)18-23(4)19-30(48-11)38(45)50-37/h12-16,18-19,21,24-29,31,34-37,43-44,46H,17,20H2,1-11H3,(H,40,41)/b14-12?,16-15-,22-13?,23-18?,30-19?/t24-,25+,26+,27-,28+,29+,31+,34-,35+,36-,37+,39+/m1/s1. The molecule has 0 bridgehead atoms. The topological polar surface area (TPSA) is 178 Å². The molecule has 2 aliphatic rings. The summed E-state index contributed by atoms with van der Waals surface area (Å²) in [6.45, 7) is 16.5. The summed E-state index contributed by atoms with van der Waals surface area (Å²) in [5.41, 5.74) is 1.70. The lowest BCUT2D eigenvalue weighted by Gasteiger charge is -2.50. The molecule has 0 spiro atoms. The van der Waals surface area contributed by atoms with E-state index < -0.39 is 72.2 Å². The monoisotopic (exact) mass is 720 g/mol. The van der Waals surface area contributed by atoms with Gasteiger partial charge in [0, 0.05) is 49.4 Å². The van der Waals surface area contributed by atoms with Crippen molar-refractivity contribution in [2.75, 3.05) is 14.2 Å². The van der Waals surface area contributed by atoms with Crippen LogP contribution in [0.25, 0.3) is 0 Å². The van der Waals surface area contributed by atoms with Gasteiger partial charge in [-0.2, -0.15) is 0 Å². The van der Waals surface area contributed by atoms with Crippen LogP contribution in [0.1, 0.15) is 75.2 Å². The van der Waals surface area contributed by atoms with E-state index in [0.717, 1.165) is 11.6 Å². The van der Waals surface area contributed by atoms with Crippen LogP contribution >= 0.6 is 0 Å². The maximum atomic E-state index is 13.6. The van der Waals surface area contributed by atoms with E-state index in [1.54, 1.807) is 32.9 Å². The van der Waals surface area contributed by atoms with Gasteiger partial charge in [-0.05, 0) is 38.2 Å². The summed E-state index contributed by atoms with van der Waals surface area (Å²) in [7, 11) is 2.80. The molecule has 0 amide bonds. The third kappa shape index (κ3) is 12.1. The van der Waals surface area contributed by atoms with E-state index in [0.29, 0.717) is 18.1 Å². The summed E-state index contributed by atoms with van der Waals surface area (Å²) in [6.07, 6.45) is 5.37. The number of carbonyl (C=O) groups is 3. The summed E-state index contributed by atoms with van der Waals surface area (Å²) in [5.74, 6) is -7.68. The molecule has 2 heterocycles. The van der Waals surface area contributed by atoms with Gasteiger partial charge in [-0.15, -0.1) is 0 Å². The number of carboxylic acids is 1. The molecule has 12 atom stereocenters. The molecule has 0 radical (unpaired) electrons. The van der Waals surface area contributed by atoms with Crippen LogP contribution in [0, 0.1) is 35.5 Å². The number of carboxylic acid groups (broad SMARTS) is 1. The number of allylic oxidation sites excluding steroid dienone is 5. The molecule has 0 unspecified atom stereocenters. The number of aliphatic hydroxyl groups is 3. The van der Waals surface area contributed by atoms with Crippen molar-refractivity contribution < 1.29 is 58.5 Å². The first-order valence-electron chi connectivity index (χ1n) is 17.7. The Balaban J connectivity index is 2.55. The largest absolute Gasteiger partial charge is 0.490 e. The first kappa shape index (κ1) is 43.9. The maximum Gasteiger partial charge on any atom is 0.373 e. The average Bonchev–Trinajstić information content (AvgIpc) is 3.06. The molecule has 4 N–H and O–H groups in total. The predicted octanol–water partition coefficient (Wildman–Crippen LogP) is 4.88. The Bertz CT molecular complexity index is 1350. The lowest BCUT2D eigenvalue weighted by atomic mass is 9.76. The Morgan fingerprint density at radius 3 is 2.27 bits per heavy atom. The van der Waals surface area contributed by atoms with Crippen molar-refractivity contribution >= 4 is 17.9 Å². The van der Waals surface area contributed by atoms with Gasteiger partial charge in [0.2, 0.25) is 5.76 Å². The smallest absolute Gasteiger partial charge is 0.373 e. The van der Waals surface area contributed by atoms with E-state index in [9.17, 15) is 29.7 Å². The number of methoxy groups -OCH3 is 2. The number of rotatable bonds is 10. The third-order valence-corrected chi connectivity index (χ3v) is 10.1. The van der Waals surface area contributed by atoms with Crippen LogP contribution in [-0.2, 0) is 38.1 Å². The molecule has 0 aromatic rings. The molecule has 0 aromatic carbocycles. The van der Waals surface area contributed by atoms with Gasteiger partial charge in [0.05, 0.1) is 25.4 Å². The van der Waals surface area contributed by atoms with Crippen molar-refractivity contribution in [1.82, 2.24) is 0 Å². The Labute approximate surface area is 302 Å². The van der Waals surface area contributed by atoms with Gasteiger partial charge in [-0.25, -0.2) is 14.4 Å². The van der Waals surface area contributed by atoms with Crippen LogP contribution in [0.3, 0.4) is 0 Å². The molecular weight excluding hydrogens is 660 g/mol. The molecule has 12 heteroatoms. The second-order valence-corrected chi connectivity index (χ2v) is 14.6. The third-order valence-electron chi connectivity index (χ3n) is 10.1. The van der Waals surface area contributed by atoms with Crippen LogP contribution in [0.4, 0.5) is 0 Å².